The van der Waals surface area contributed by atoms with Crippen molar-refractivity contribution in [2.45, 2.75) is 5.41 Å². The first-order valence-corrected chi connectivity index (χ1v) is 24.0. The highest BCUT2D eigenvalue weighted by Gasteiger charge is 2.51. The molecule has 2 heteroatoms. The molecule has 0 radical (unpaired) electrons. The van der Waals surface area contributed by atoms with Crippen LogP contribution in [0, 0.1) is 0 Å². The largest absolute Gasteiger partial charge is 0.310 e. The normalized spacial score (nSPS) is 12.9. The van der Waals surface area contributed by atoms with Gasteiger partial charge < -0.3 is 4.90 Å². The Kier molecular flexibility index (Phi) is 8.44. The molecule has 1 heterocycles. The minimum atomic E-state index is -0.463. The van der Waals surface area contributed by atoms with E-state index in [2.05, 4.69) is 254 Å². The molecule has 0 N–H and O–H groups in total. The number of rotatable bonds is 6. The maximum atomic E-state index is 2.51. The molecular formula is C65H41NS. The van der Waals surface area contributed by atoms with E-state index in [-0.39, 0.29) is 0 Å². The third-order valence-electron chi connectivity index (χ3n) is 14.5. The smallest absolute Gasteiger partial charge is 0.0726 e. The van der Waals surface area contributed by atoms with E-state index < -0.39 is 5.41 Å². The minimum absolute atomic E-state index is 0.463. The fourth-order valence-electron chi connectivity index (χ4n) is 11.7. The molecule has 0 atom stereocenters. The standard InChI is InChI=1S/C65H41NS/c1-2-23-48-42(17-1)18-15-30-50(48)55-27-6-11-35-62(55)66(46-22-14-20-44(40-46)43-19-13-21-45(39-43)49-29-16-31-57-56-28-7-12-36-63(56)67-64(49)57)47-37-38-54-53-26-5-10-34-60(53)65(61(54)41-47)58-32-8-3-24-51(58)52-25-4-9-33-59(52)65/h1-41H. The number of thiophene rings is 1. The van der Waals surface area contributed by atoms with E-state index in [1.807, 2.05) is 11.3 Å². The van der Waals surface area contributed by atoms with Crippen LogP contribution < -0.4 is 4.90 Å². The molecule has 0 unspecified atom stereocenters. The first-order chi connectivity index (χ1) is 33.2. The fraction of sp³-hybridized carbons (Fsp3) is 0.0154. The van der Waals surface area contributed by atoms with Crippen molar-refractivity contribution in [2.75, 3.05) is 4.90 Å². The van der Waals surface area contributed by atoms with Crippen LogP contribution in [0.4, 0.5) is 17.1 Å². The van der Waals surface area contributed by atoms with Crippen molar-refractivity contribution in [1.82, 2.24) is 0 Å². The molecule has 0 amide bonds. The van der Waals surface area contributed by atoms with E-state index in [0.717, 1.165) is 17.1 Å². The number of anilines is 3. The summed E-state index contributed by atoms with van der Waals surface area (Å²) < 4.78 is 2.65. The maximum Gasteiger partial charge on any atom is 0.0726 e. The van der Waals surface area contributed by atoms with Gasteiger partial charge in [-0.05, 0) is 126 Å². The number of para-hydroxylation sites is 1. The van der Waals surface area contributed by atoms with Crippen LogP contribution in [-0.4, -0.2) is 0 Å². The van der Waals surface area contributed by atoms with Gasteiger partial charge in [0.1, 0.15) is 0 Å². The fourth-order valence-corrected chi connectivity index (χ4v) is 12.9. The molecule has 14 rings (SSSR count). The maximum absolute atomic E-state index is 2.51. The van der Waals surface area contributed by atoms with Gasteiger partial charge in [0, 0.05) is 37.1 Å². The van der Waals surface area contributed by atoms with Crippen molar-refractivity contribution in [3.8, 4) is 55.6 Å². The zero-order valence-corrected chi connectivity index (χ0v) is 37.3. The Balaban J connectivity index is 0.989. The van der Waals surface area contributed by atoms with E-state index in [4.69, 9.17) is 0 Å². The Morgan fingerprint density at radius 3 is 1.58 bits per heavy atom. The van der Waals surface area contributed by atoms with Gasteiger partial charge >= 0.3 is 0 Å². The molecule has 2 aliphatic carbocycles. The summed E-state index contributed by atoms with van der Waals surface area (Å²) in [7, 11) is 0. The molecule has 1 aromatic heterocycles. The average Bonchev–Trinajstić information content (AvgIpc) is 4.03. The molecule has 0 saturated heterocycles. The summed E-state index contributed by atoms with van der Waals surface area (Å²) in [5.74, 6) is 0. The first kappa shape index (κ1) is 38.0. The van der Waals surface area contributed by atoms with E-state index in [1.165, 1.54) is 109 Å². The number of fused-ring (bicyclic) bond motifs is 14. The number of hydrogen-bond donors (Lipinski definition) is 0. The first-order valence-electron chi connectivity index (χ1n) is 23.2. The summed E-state index contributed by atoms with van der Waals surface area (Å²) in [6.07, 6.45) is 0. The lowest BCUT2D eigenvalue weighted by Gasteiger charge is -2.33. The molecule has 0 fully saturated rings. The Morgan fingerprint density at radius 2 is 0.806 bits per heavy atom. The Morgan fingerprint density at radius 1 is 0.299 bits per heavy atom. The molecule has 2 aliphatic rings. The highest BCUT2D eigenvalue weighted by molar-refractivity contribution is 7.26. The number of nitrogens with zero attached hydrogens (tertiary/aromatic N) is 1. The van der Waals surface area contributed by atoms with Crippen LogP contribution in [0.15, 0.2) is 249 Å². The SMILES string of the molecule is c1cc(-c2cccc(N(c3ccc4c(c3)C3(c5ccccc5-c5ccccc53)c3ccccc3-4)c3ccccc3-c3cccc4ccccc34)c2)cc(-c2cccc3c2sc2ccccc23)c1. The third-order valence-corrected chi connectivity index (χ3v) is 15.7. The topological polar surface area (TPSA) is 3.24 Å². The molecule has 0 saturated carbocycles. The quantitative estimate of drug-likeness (QED) is 0.161. The molecule has 1 nitrogen and oxygen atoms in total. The van der Waals surface area contributed by atoms with Crippen LogP contribution in [0.1, 0.15) is 22.3 Å². The second kappa shape index (κ2) is 14.9. The third kappa shape index (κ3) is 5.61. The van der Waals surface area contributed by atoms with Crippen molar-refractivity contribution < 1.29 is 0 Å². The number of benzene rings is 11. The lowest BCUT2D eigenvalue weighted by molar-refractivity contribution is 0.793. The Hall–Kier alpha value is -8.30. The lowest BCUT2D eigenvalue weighted by Crippen LogP contribution is -2.26. The Bertz CT molecular complexity index is 3900. The van der Waals surface area contributed by atoms with Crippen LogP contribution in [0.2, 0.25) is 0 Å². The number of hydrogen-bond acceptors (Lipinski definition) is 2. The zero-order chi connectivity index (χ0) is 44.1. The zero-order valence-electron chi connectivity index (χ0n) is 36.5. The van der Waals surface area contributed by atoms with Gasteiger partial charge in [0.05, 0.1) is 11.1 Å². The van der Waals surface area contributed by atoms with Gasteiger partial charge in [0.25, 0.3) is 0 Å². The summed E-state index contributed by atoms with van der Waals surface area (Å²) in [5, 5.41) is 5.10. The van der Waals surface area contributed by atoms with Crippen LogP contribution >= 0.6 is 11.3 Å². The van der Waals surface area contributed by atoms with E-state index in [1.54, 1.807) is 0 Å². The van der Waals surface area contributed by atoms with Gasteiger partial charge in [0.2, 0.25) is 0 Å². The van der Waals surface area contributed by atoms with Crippen molar-refractivity contribution in [1.29, 1.82) is 0 Å². The van der Waals surface area contributed by atoms with E-state index in [9.17, 15) is 0 Å². The van der Waals surface area contributed by atoms with Crippen LogP contribution in [-0.2, 0) is 5.41 Å². The van der Waals surface area contributed by atoms with Gasteiger partial charge in [-0.1, -0.05) is 206 Å². The second-order valence-corrected chi connectivity index (χ2v) is 19.0. The lowest BCUT2D eigenvalue weighted by atomic mass is 9.70. The van der Waals surface area contributed by atoms with Crippen molar-refractivity contribution in [2.24, 2.45) is 0 Å². The highest BCUT2D eigenvalue weighted by Crippen LogP contribution is 2.63. The second-order valence-electron chi connectivity index (χ2n) is 17.9. The van der Waals surface area contributed by atoms with Crippen molar-refractivity contribution >= 4 is 59.3 Å². The monoisotopic (exact) mass is 867 g/mol. The predicted molar refractivity (Wildman–Crippen MR) is 284 cm³/mol. The predicted octanol–water partition coefficient (Wildman–Crippen LogP) is 18.0. The molecule has 0 aliphatic heterocycles. The average molecular weight is 868 g/mol. The molecule has 1 spiro atoms. The van der Waals surface area contributed by atoms with Crippen LogP contribution in [0.5, 0.6) is 0 Å². The molecule has 11 aromatic carbocycles. The van der Waals surface area contributed by atoms with Crippen molar-refractivity contribution in [3.63, 3.8) is 0 Å². The van der Waals surface area contributed by atoms with Gasteiger partial charge in [-0.25, -0.2) is 0 Å². The van der Waals surface area contributed by atoms with Crippen LogP contribution in [0.25, 0.3) is 86.6 Å². The molecular weight excluding hydrogens is 827 g/mol. The molecule has 12 aromatic rings. The summed E-state index contributed by atoms with van der Waals surface area (Å²) in [5.41, 5.74) is 20.6. The summed E-state index contributed by atoms with van der Waals surface area (Å²) in [6.45, 7) is 0. The minimum Gasteiger partial charge on any atom is -0.310 e. The van der Waals surface area contributed by atoms with Gasteiger partial charge in [-0.15, -0.1) is 11.3 Å². The molecule has 312 valence electrons. The summed E-state index contributed by atoms with van der Waals surface area (Å²) >= 11 is 1.88. The van der Waals surface area contributed by atoms with Crippen molar-refractivity contribution in [3.05, 3.63) is 271 Å². The van der Waals surface area contributed by atoms with Crippen LogP contribution in [0.3, 0.4) is 0 Å². The highest BCUT2D eigenvalue weighted by atomic mass is 32.1. The van der Waals surface area contributed by atoms with E-state index in [0.29, 0.717) is 0 Å². The van der Waals surface area contributed by atoms with Gasteiger partial charge in [0.15, 0.2) is 0 Å². The molecule has 0 bridgehead atoms. The molecule has 67 heavy (non-hydrogen) atoms. The van der Waals surface area contributed by atoms with E-state index >= 15 is 0 Å². The van der Waals surface area contributed by atoms with Gasteiger partial charge in [-0.2, -0.15) is 0 Å². The van der Waals surface area contributed by atoms with Gasteiger partial charge in [-0.3, -0.25) is 0 Å². The summed E-state index contributed by atoms with van der Waals surface area (Å²) in [4.78, 5) is 2.51. The Labute approximate surface area is 394 Å². The summed E-state index contributed by atoms with van der Waals surface area (Å²) in [6, 6.07) is 92.6.